The van der Waals surface area contributed by atoms with E-state index in [-0.39, 0.29) is 6.15 Å². The lowest BCUT2D eigenvalue weighted by molar-refractivity contribution is -0.323. The predicted octanol–water partition coefficient (Wildman–Crippen LogP) is 3.01. The molecule has 0 radical (unpaired) electrons. The van der Waals surface area contributed by atoms with Crippen molar-refractivity contribution in [3.63, 3.8) is 0 Å². The fraction of sp³-hybridized carbons (Fsp3) is 0.833. The second-order valence-electron chi connectivity index (χ2n) is 8.16. The molecule has 3 saturated carbocycles. The minimum atomic E-state index is -0.759. The molecular formula is C18H29NO2. The van der Waals surface area contributed by atoms with E-state index in [0.717, 1.165) is 24.7 Å². The van der Waals surface area contributed by atoms with Crippen LogP contribution in [0, 0.1) is 46.8 Å². The first-order valence-corrected chi connectivity index (χ1v) is 8.41. The van der Waals surface area contributed by atoms with E-state index in [9.17, 15) is 9.90 Å². The Labute approximate surface area is 127 Å². The van der Waals surface area contributed by atoms with Gasteiger partial charge in [0.15, 0.2) is 0 Å². The lowest BCUT2D eigenvalue weighted by Gasteiger charge is -2.51. The van der Waals surface area contributed by atoms with Crippen LogP contribution in [0.25, 0.3) is 0 Å². The maximum absolute atomic E-state index is 12.2. The van der Waals surface area contributed by atoms with Gasteiger partial charge in [0, 0.05) is 5.41 Å². The van der Waals surface area contributed by atoms with Gasteiger partial charge >= 0.3 is 0 Å². The first-order chi connectivity index (χ1) is 9.47. The Bertz CT molecular complexity index is 497. The molecule has 0 saturated heterocycles. The molecule has 118 valence electrons. The van der Waals surface area contributed by atoms with E-state index in [1.54, 1.807) is 0 Å². The van der Waals surface area contributed by atoms with E-state index in [0.29, 0.717) is 29.6 Å². The predicted molar refractivity (Wildman–Crippen MR) is 81.4 cm³/mol. The third-order valence-corrected chi connectivity index (χ3v) is 7.32. The molecule has 3 fully saturated rings. The highest BCUT2D eigenvalue weighted by Gasteiger charge is 2.67. The van der Waals surface area contributed by atoms with Crippen LogP contribution in [-0.2, 0) is 4.79 Å². The summed E-state index contributed by atoms with van der Waals surface area (Å²) in [7, 11) is 0. The normalized spacial score (nSPS) is 49.8. The summed E-state index contributed by atoms with van der Waals surface area (Å²) in [5, 5.41) is 12.2. The molecule has 0 aromatic heterocycles. The summed E-state index contributed by atoms with van der Waals surface area (Å²) in [5.41, 5.74) is 0.617. The quantitative estimate of drug-likeness (QED) is 0.794. The summed E-state index contributed by atoms with van der Waals surface area (Å²) >= 11 is 0. The van der Waals surface area contributed by atoms with Crippen molar-refractivity contribution in [3.05, 3.63) is 11.6 Å². The fourth-order valence-electron chi connectivity index (χ4n) is 6.71. The minimum Gasteiger partial charge on any atom is -0.549 e. The van der Waals surface area contributed by atoms with Crippen LogP contribution >= 0.6 is 0 Å². The highest BCUT2D eigenvalue weighted by Crippen LogP contribution is 2.72. The number of fused-ring (bicyclic) bond motifs is 2. The zero-order valence-corrected chi connectivity index (χ0v) is 13.8. The number of rotatable bonds is 2. The van der Waals surface area contributed by atoms with Crippen LogP contribution in [0.2, 0.25) is 0 Å². The summed E-state index contributed by atoms with van der Waals surface area (Å²) in [4.78, 5) is 12.2. The van der Waals surface area contributed by atoms with Crippen molar-refractivity contribution in [2.45, 2.75) is 46.5 Å². The fourth-order valence-corrected chi connectivity index (χ4v) is 6.71. The van der Waals surface area contributed by atoms with Crippen molar-refractivity contribution < 1.29 is 9.90 Å². The topological polar surface area (TPSA) is 76.6 Å². The molecule has 0 heterocycles. The van der Waals surface area contributed by atoms with Crippen molar-refractivity contribution in [3.8, 4) is 0 Å². The van der Waals surface area contributed by atoms with Crippen LogP contribution in [-0.4, -0.2) is 5.97 Å². The van der Waals surface area contributed by atoms with E-state index in [1.807, 2.05) is 0 Å². The lowest BCUT2D eigenvalue weighted by atomic mass is 9.54. The maximum Gasteiger partial charge on any atom is 0.0522 e. The molecule has 0 aromatic carbocycles. The smallest absolute Gasteiger partial charge is 0.0522 e. The molecule has 4 aliphatic rings. The first-order valence-electron chi connectivity index (χ1n) is 8.41. The average Bonchev–Trinajstić information content (AvgIpc) is 2.99. The number of carbonyl (C=O) groups is 1. The van der Waals surface area contributed by atoms with Gasteiger partial charge in [-0.2, -0.15) is 0 Å². The molecule has 0 spiro atoms. The van der Waals surface area contributed by atoms with Gasteiger partial charge in [0.25, 0.3) is 0 Å². The molecule has 4 bridgehead atoms. The van der Waals surface area contributed by atoms with Crippen molar-refractivity contribution in [2.24, 2.45) is 46.8 Å². The van der Waals surface area contributed by atoms with E-state index in [2.05, 4.69) is 26.8 Å². The largest absolute Gasteiger partial charge is 0.549 e. The zero-order valence-electron chi connectivity index (χ0n) is 13.8. The Hall–Kier alpha value is -0.830. The van der Waals surface area contributed by atoms with Crippen LogP contribution in [0.4, 0.5) is 0 Å². The molecule has 0 aliphatic heterocycles. The standard InChI is InChI=1S/C18H26O2.H3N/c1-9(2)14-6-11-7-16-12-5-4-10(3)13(12)8-15(11)18(14,16)17(19)20;/h6,9-13,15-16H,4-5,7-8H2,1-3H3,(H,19,20);1H3. The molecule has 4 N–H and O–H groups in total. The molecule has 0 amide bonds. The minimum absolute atomic E-state index is 0. The molecule has 4 rings (SSSR count). The van der Waals surface area contributed by atoms with Crippen molar-refractivity contribution >= 4 is 5.97 Å². The van der Waals surface area contributed by atoms with Gasteiger partial charge in [0.2, 0.25) is 0 Å². The second-order valence-corrected chi connectivity index (χ2v) is 8.16. The number of carboxylic acids is 1. The van der Waals surface area contributed by atoms with Crippen LogP contribution in [0.15, 0.2) is 11.6 Å². The molecule has 3 nitrogen and oxygen atoms in total. The Kier molecular flexibility index (Phi) is 3.29. The van der Waals surface area contributed by atoms with Gasteiger partial charge in [-0.1, -0.05) is 38.8 Å². The lowest BCUT2D eigenvalue weighted by Crippen LogP contribution is -2.55. The number of carbonyl (C=O) groups excluding carboxylic acids is 1. The highest BCUT2D eigenvalue weighted by atomic mass is 16.4. The third kappa shape index (κ3) is 1.56. The monoisotopic (exact) mass is 291 g/mol. The molecule has 7 unspecified atom stereocenters. The summed E-state index contributed by atoms with van der Waals surface area (Å²) in [6.07, 6.45) is 7.12. The number of aliphatic carboxylic acids is 1. The second kappa shape index (κ2) is 4.58. The van der Waals surface area contributed by atoms with Crippen LogP contribution < -0.4 is 11.3 Å². The highest BCUT2D eigenvalue weighted by molar-refractivity contribution is 5.80. The first kappa shape index (κ1) is 15.1. The van der Waals surface area contributed by atoms with E-state index < -0.39 is 11.4 Å². The number of hydrogen-bond donors (Lipinski definition) is 1. The molecule has 4 aliphatic carbocycles. The number of allylic oxidation sites excluding steroid dienone is 1. The van der Waals surface area contributed by atoms with Gasteiger partial charge in [-0.25, -0.2) is 0 Å². The van der Waals surface area contributed by atoms with Gasteiger partial charge in [0.05, 0.1) is 5.97 Å². The molecule has 21 heavy (non-hydrogen) atoms. The number of quaternary nitrogens is 1. The molecule has 7 atom stereocenters. The van der Waals surface area contributed by atoms with Crippen molar-refractivity contribution in [1.82, 2.24) is 6.15 Å². The Morgan fingerprint density at radius 3 is 2.57 bits per heavy atom. The average molecular weight is 291 g/mol. The van der Waals surface area contributed by atoms with Gasteiger partial charge in [-0.05, 0) is 60.7 Å². The Balaban J connectivity index is 0.00000132. The summed E-state index contributed by atoms with van der Waals surface area (Å²) in [5.74, 6) is 3.04. The van der Waals surface area contributed by atoms with Gasteiger partial charge in [0.1, 0.15) is 0 Å². The van der Waals surface area contributed by atoms with Crippen molar-refractivity contribution in [2.75, 3.05) is 0 Å². The summed E-state index contributed by atoms with van der Waals surface area (Å²) in [6, 6.07) is 0. The van der Waals surface area contributed by atoms with E-state index in [1.165, 1.54) is 18.4 Å². The SMILES string of the molecule is CC(C)C1=CC2CC3C4CCC(C)C4CC2C13C(=O)[O-].[NH4+]. The van der Waals surface area contributed by atoms with E-state index >= 15 is 0 Å². The van der Waals surface area contributed by atoms with E-state index in [4.69, 9.17) is 0 Å². The van der Waals surface area contributed by atoms with Crippen LogP contribution in [0.3, 0.4) is 0 Å². The van der Waals surface area contributed by atoms with Gasteiger partial charge in [-0.3, -0.25) is 0 Å². The Morgan fingerprint density at radius 2 is 1.95 bits per heavy atom. The molecule has 0 aromatic rings. The maximum atomic E-state index is 12.2. The molecule has 3 heteroatoms. The Morgan fingerprint density at radius 1 is 1.24 bits per heavy atom. The summed E-state index contributed by atoms with van der Waals surface area (Å²) < 4.78 is 0. The zero-order chi connectivity index (χ0) is 14.2. The summed E-state index contributed by atoms with van der Waals surface area (Å²) in [6.45, 7) is 6.68. The van der Waals surface area contributed by atoms with Crippen LogP contribution in [0.1, 0.15) is 46.5 Å². The number of hydrogen-bond acceptors (Lipinski definition) is 2. The van der Waals surface area contributed by atoms with Crippen molar-refractivity contribution in [1.29, 1.82) is 0 Å². The van der Waals surface area contributed by atoms with Crippen LogP contribution in [0.5, 0.6) is 0 Å². The molecular weight excluding hydrogens is 262 g/mol. The van der Waals surface area contributed by atoms with Gasteiger partial charge in [-0.15, -0.1) is 0 Å². The number of carboxylic acid groups (broad SMARTS) is 1. The third-order valence-electron chi connectivity index (χ3n) is 7.32. The van der Waals surface area contributed by atoms with Gasteiger partial charge < -0.3 is 16.1 Å².